The van der Waals surface area contributed by atoms with Crippen LogP contribution in [0, 0.1) is 6.92 Å². The van der Waals surface area contributed by atoms with Gasteiger partial charge in [0.05, 0.1) is 0 Å². The Morgan fingerprint density at radius 2 is 2.60 bits per heavy atom. The first kappa shape index (κ1) is 6.60. The monoisotopic (exact) mass is 143 g/mol. The van der Waals surface area contributed by atoms with E-state index in [1.807, 2.05) is 0 Å². The molecule has 0 aliphatic heterocycles. The summed E-state index contributed by atoms with van der Waals surface area (Å²) in [5.41, 5.74) is 0. The van der Waals surface area contributed by atoms with Crippen molar-refractivity contribution >= 4 is 6.16 Å². The van der Waals surface area contributed by atoms with Crippen LogP contribution in [0.1, 0.15) is 5.89 Å². The number of hydrogen-bond donors (Lipinski definition) is 1. The van der Waals surface area contributed by atoms with Crippen LogP contribution in [-0.2, 0) is 0 Å². The van der Waals surface area contributed by atoms with Gasteiger partial charge in [-0.25, -0.2) is 4.79 Å². The number of rotatable bonds is 1. The summed E-state index contributed by atoms with van der Waals surface area (Å²) in [5, 5.41) is 8.07. The molecule has 0 aliphatic carbocycles. The van der Waals surface area contributed by atoms with Crippen LogP contribution in [-0.4, -0.2) is 16.2 Å². The fraction of sp³-hybridized carbons (Fsp3) is 0.200. The third kappa shape index (κ3) is 1.48. The summed E-state index contributed by atoms with van der Waals surface area (Å²) in [4.78, 5) is 13.5. The molecule has 0 saturated carbocycles. The minimum absolute atomic E-state index is 0.0370. The number of aryl methyl sites for hydroxylation is 1. The molecule has 5 heteroatoms. The first-order valence-corrected chi connectivity index (χ1v) is 2.51. The summed E-state index contributed by atoms with van der Waals surface area (Å²) in [5.74, 6) is 0.334. The molecule has 1 N–H and O–H groups in total. The van der Waals surface area contributed by atoms with Gasteiger partial charge in [-0.3, -0.25) is 0 Å². The van der Waals surface area contributed by atoms with Crippen LogP contribution in [0.15, 0.2) is 10.7 Å². The summed E-state index contributed by atoms with van der Waals surface area (Å²) in [6.45, 7) is 1.59. The maximum atomic E-state index is 9.87. The van der Waals surface area contributed by atoms with Crippen molar-refractivity contribution in [1.29, 1.82) is 0 Å². The van der Waals surface area contributed by atoms with Crippen molar-refractivity contribution in [2.24, 2.45) is 0 Å². The molecule has 0 bridgehead atoms. The van der Waals surface area contributed by atoms with Crippen molar-refractivity contribution in [3.05, 3.63) is 12.2 Å². The second-order valence-electron chi connectivity index (χ2n) is 1.57. The largest absolute Gasteiger partial charge is 0.512 e. The van der Waals surface area contributed by atoms with E-state index in [0.717, 1.165) is 6.26 Å². The van der Waals surface area contributed by atoms with Gasteiger partial charge in [0, 0.05) is 6.92 Å². The van der Waals surface area contributed by atoms with Crippen LogP contribution in [0.4, 0.5) is 4.79 Å². The van der Waals surface area contributed by atoms with Crippen molar-refractivity contribution in [2.45, 2.75) is 6.92 Å². The highest BCUT2D eigenvalue weighted by Gasteiger charge is 2.04. The number of carboxylic acid groups (broad SMARTS) is 1. The van der Waals surface area contributed by atoms with E-state index in [2.05, 4.69) is 14.1 Å². The molecular formula is C5H5NO4. The molecule has 54 valence electrons. The molecule has 1 heterocycles. The van der Waals surface area contributed by atoms with Crippen LogP contribution in [0.3, 0.4) is 0 Å². The highest BCUT2D eigenvalue weighted by Crippen LogP contribution is 2.08. The molecule has 1 rings (SSSR count). The number of oxazole rings is 1. The van der Waals surface area contributed by atoms with Crippen molar-refractivity contribution in [3.63, 3.8) is 0 Å². The summed E-state index contributed by atoms with van der Waals surface area (Å²) >= 11 is 0. The molecule has 1 aromatic heterocycles. The van der Waals surface area contributed by atoms with E-state index in [0.29, 0.717) is 5.89 Å². The number of aromatic nitrogens is 1. The van der Waals surface area contributed by atoms with Crippen molar-refractivity contribution in [2.75, 3.05) is 0 Å². The highest BCUT2D eigenvalue weighted by atomic mass is 16.7. The van der Waals surface area contributed by atoms with Crippen molar-refractivity contribution < 1.29 is 19.1 Å². The Bertz CT molecular complexity index is 242. The Morgan fingerprint density at radius 3 is 3.00 bits per heavy atom. The van der Waals surface area contributed by atoms with Crippen LogP contribution < -0.4 is 4.74 Å². The van der Waals surface area contributed by atoms with Crippen molar-refractivity contribution in [3.8, 4) is 5.88 Å². The van der Waals surface area contributed by atoms with Gasteiger partial charge in [0.25, 0.3) is 5.88 Å². The maximum absolute atomic E-state index is 9.87. The van der Waals surface area contributed by atoms with Gasteiger partial charge >= 0.3 is 6.16 Å². The van der Waals surface area contributed by atoms with Gasteiger partial charge in [0.15, 0.2) is 12.2 Å². The number of hydrogen-bond acceptors (Lipinski definition) is 4. The summed E-state index contributed by atoms with van der Waals surface area (Å²) in [6.07, 6.45) is -0.267. The lowest BCUT2D eigenvalue weighted by molar-refractivity contribution is 0.142. The zero-order valence-electron chi connectivity index (χ0n) is 5.20. The average molecular weight is 143 g/mol. The summed E-state index contributed by atoms with van der Waals surface area (Å²) < 4.78 is 8.81. The lowest BCUT2D eigenvalue weighted by Crippen LogP contribution is -2.02. The van der Waals surface area contributed by atoms with E-state index in [9.17, 15) is 4.79 Å². The van der Waals surface area contributed by atoms with Gasteiger partial charge in [0.1, 0.15) is 0 Å². The van der Waals surface area contributed by atoms with Gasteiger partial charge in [-0.05, 0) is 0 Å². The molecule has 0 atom stereocenters. The average Bonchev–Trinajstić information content (AvgIpc) is 2.13. The van der Waals surface area contributed by atoms with Gasteiger partial charge in [-0.1, -0.05) is 0 Å². The first-order chi connectivity index (χ1) is 4.68. The van der Waals surface area contributed by atoms with Gasteiger partial charge in [-0.15, -0.1) is 0 Å². The van der Waals surface area contributed by atoms with Crippen LogP contribution in [0.5, 0.6) is 5.88 Å². The van der Waals surface area contributed by atoms with Gasteiger partial charge in [0.2, 0.25) is 0 Å². The van der Waals surface area contributed by atoms with Gasteiger partial charge in [-0.2, -0.15) is 4.98 Å². The Labute approximate surface area is 56.2 Å². The number of carbonyl (C=O) groups is 1. The van der Waals surface area contributed by atoms with E-state index >= 15 is 0 Å². The molecule has 0 spiro atoms. The molecule has 0 amide bonds. The SMILES string of the molecule is Cc1nc(OC(=O)O)co1. The molecule has 0 fully saturated rings. The smallest absolute Gasteiger partial charge is 0.449 e. The molecular weight excluding hydrogens is 138 g/mol. The van der Waals surface area contributed by atoms with Crippen molar-refractivity contribution in [1.82, 2.24) is 4.98 Å². The third-order valence-corrected chi connectivity index (χ3v) is 0.790. The van der Waals surface area contributed by atoms with E-state index in [4.69, 9.17) is 5.11 Å². The highest BCUT2D eigenvalue weighted by molar-refractivity contribution is 5.59. The standard InChI is InChI=1S/C5H5NO4/c1-3-6-4(2-9-3)10-5(7)8/h2H,1H3,(H,7,8). The second kappa shape index (κ2) is 2.38. The van der Waals surface area contributed by atoms with E-state index in [1.165, 1.54) is 0 Å². The molecule has 0 radical (unpaired) electrons. The summed E-state index contributed by atoms with van der Waals surface area (Å²) in [6, 6.07) is 0. The number of ether oxygens (including phenoxy) is 1. The van der Waals surface area contributed by atoms with E-state index in [-0.39, 0.29) is 5.88 Å². The molecule has 1 aromatic rings. The quantitative estimate of drug-likeness (QED) is 0.594. The second-order valence-corrected chi connectivity index (χ2v) is 1.57. The minimum atomic E-state index is -1.40. The van der Waals surface area contributed by atoms with E-state index < -0.39 is 6.16 Å². The van der Waals surface area contributed by atoms with Gasteiger partial charge < -0.3 is 14.3 Å². The van der Waals surface area contributed by atoms with E-state index in [1.54, 1.807) is 6.92 Å². The van der Waals surface area contributed by atoms with Crippen LogP contribution >= 0.6 is 0 Å². The molecule has 10 heavy (non-hydrogen) atoms. The Morgan fingerprint density at radius 1 is 1.90 bits per heavy atom. The zero-order valence-corrected chi connectivity index (χ0v) is 5.20. The van der Waals surface area contributed by atoms with Crippen LogP contribution in [0.25, 0.3) is 0 Å². The molecule has 0 aromatic carbocycles. The van der Waals surface area contributed by atoms with Crippen LogP contribution in [0.2, 0.25) is 0 Å². The predicted octanol–water partition coefficient (Wildman–Crippen LogP) is 1.04. The minimum Gasteiger partial charge on any atom is -0.449 e. The summed E-state index contributed by atoms with van der Waals surface area (Å²) in [7, 11) is 0. The lowest BCUT2D eigenvalue weighted by Gasteiger charge is -1.87. The Balaban J connectivity index is 2.67. The lowest BCUT2D eigenvalue weighted by atomic mass is 10.8. The third-order valence-electron chi connectivity index (χ3n) is 0.790. The molecule has 0 unspecified atom stereocenters. The maximum Gasteiger partial charge on any atom is 0.512 e. The normalized spacial score (nSPS) is 9.30. The fourth-order valence-electron chi connectivity index (χ4n) is 0.480. The molecule has 0 saturated heterocycles. The molecule has 0 aliphatic rings. The Hall–Kier alpha value is -1.52. The molecule has 5 nitrogen and oxygen atoms in total. The topological polar surface area (TPSA) is 72.6 Å². The predicted molar refractivity (Wildman–Crippen MR) is 29.9 cm³/mol. The Kier molecular flexibility index (Phi) is 1.57. The zero-order chi connectivity index (χ0) is 7.56. The first-order valence-electron chi connectivity index (χ1n) is 2.51. The fourth-order valence-corrected chi connectivity index (χ4v) is 0.480. The number of nitrogens with zero attached hydrogens (tertiary/aromatic N) is 1.